The molecule has 3 rings (SSSR count). The molecular weight excluding hydrogens is 296 g/mol. The molecule has 0 spiro atoms. The number of para-hydroxylation sites is 1. The Labute approximate surface area is 113 Å². The fraction of sp³-hybridized carbons (Fsp3) is 0.167. The lowest BCUT2D eigenvalue weighted by atomic mass is 10.1. The molecule has 92 valence electrons. The molecule has 0 saturated heterocycles. The minimum absolute atomic E-state index is 0.0757. The topological polar surface area (TPSA) is 73.1 Å². The number of nitrogens with one attached hydrogen (secondary N) is 1. The van der Waals surface area contributed by atoms with Gasteiger partial charge in [0.05, 0.1) is 6.04 Å². The Bertz CT molecular complexity index is 590. The van der Waals surface area contributed by atoms with Crippen LogP contribution in [0, 0.1) is 0 Å². The van der Waals surface area contributed by atoms with E-state index in [0.29, 0.717) is 22.7 Å². The molecule has 0 bridgehead atoms. The third-order valence-electron chi connectivity index (χ3n) is 2.83. The third-order valence-corrected chi connectivity index (χ3v) is 3.61. The van der Waals surface area contributed by atoms with Crippen LogP contribution in [0.1, 0.15) is 11.6 Å². The van der Waals surface area contributed by atoms with Gasteiger partial charge in [0.15, 0.2) is 0 Å². The van der Waals surface area contributed by atoms with Gasteiger partial charge in [-0.3, -0.25) is 0 Å². The van der Waals surface area contributed by atoms with Crippen molar-refractivity contribution in [1.82, 2.24) is 9.97 Å². The quantitative estimate of drug-likeness (QED) is 0.891. The summed E-state index contributed by atoms with van der Waals surface area (Å²) >= 11 is 3.37. The number of halogens is 1. The van der Waals surface area contributed by atoms with Gasteiger partial charge in [0, 0.05) is 5.56 Å². The highest BCUT2D eigenvalue weighted by molar-refractivity contribution is 9.10. The van der Waals surface area contributed by atoms with E-state index in [1.54, 1.807) is 0 Å². The average molecular weight is 307 g/mol. The summed E-state index contributed by atoms with van der Waals surface area (Å²) < 4.78 is 6.28. The van der Waals surface area contributed by atoms with Crippen LogP contribution in [0.3, 0.4) is 0 Å². The molecule has 5 nitrogen and oxygen atoms in total. The van der Waals surface area contributed by atoms with Crippen molar-refractivity contribution < 1.29 is 4.74 Å². The molecule has 0 radical (unpaired) electrons. The standard InChI is InChI=1S/C12H11BrN4O/c13-10-11(14)15-6-16-12(10)17-8-5-18-9-4-2-1-3-7(8)9/h1-4,6,8H,5H2,(H3,14,15,16,17). The van der Waals surface area contributed by atoms with Gasteiger partial charge in [0.25, 0.3) is 0 Å². The molecule has 1 aliphatic heterocycles. The van der Waals surface area contributed by atoms with Crippen LogP contribution in [0.25, 0.3) is 0 Å². The molecule has 0 fully saturated rings. The molecule has 0 amide bonds. The Morgan fingerprint density at radius 2 is 2.17 bits per heavy atom. The van der Waals surface area contributed by atoms with Gasteiger partial charge in [0.1, 0.15) is 34.8 Å². The molecule has 1 aliphatic rings. The number of hydrogen-bond donors (Lipinski definition) is 2. The first-order valence-corrected chi connectivity index (χ1v) is 6.29. The van der Waals surface area contributed by atoms with Crippen LogP contribution in [0.15, 0.2) is 35.1 Å². The number of nitrogens with zero attached hydrogens (tertiary/aromatic N) is 2. The van der Waals surface area contributed by atoms with Gasteiger partial charge in [-0.15, -0.1) is 0 Å². The number of nitrogens with two attached hydrogens (primary N) is 1. The maximum atomic E-state index is 5.72. The molecule has 6 heteroatoms. The first kappa shape index (κ1) is 11.3. The zero-order chi connectivity index (χ0) is 12.5. The van der Waals surface area contributed by atoms with Crippen molar-refractivity contribution in [2.45, 2.75) is 6.04 Å². The highest BCUT2D eigenvalue weighted by atomic mass is 79.9. The fourth-order valence-electron chi connectivity index (χ4n) is 1.93. The van der Waals surface area contributed by atoms with Gasteiger partial charge >= 0.3 is 0 Å². The van der Waals surface area contributed by atoms with E-state index in [1.807, 2.05) is 24.3 Å². The number of benzene rings is 1. The fourth-order valence-corrected chi connectivity index (χ4v) is 2.25. The van der Waals surface area contributed by atoms with Gasteiger partial charge in [0.2, 0.25) is 0 Å². The minimum Gasteiger partial charge on any atom is -0.491 e. The number of anilines is 2. The van der Waals surface area contributed by atoms with Gasteiger partial charge in [-0.1, -0.05) is 18.2 Å². The summed E-state index contributed by atoms with van der Waals surface area (Å²) in [5.41, 5.74) is 6.85. The van der Waals surface area contributed by atoms with Crippen molar-refractivity contribution in [2.24, 2.45) is 0 Å². The van der Waals surface area contributed by atoms with Crippen molar-refractivity contribution in [2.75, 3.05) is 17.7 Å². The van der Waals surface area contributed by atoms with E-state index in [2.05, 4.69) is 31.2 Å². The highest BCUT2D eigenvalue weighted by Crippen LogP contribution is 2.35. The second-order valence-electron chi connectivity index (χ2n) is 3.97. The summed E-state index contributed by atoms with van der Waals surface area (Å²) in [6, 6.07) is 8.02. The van der Waals surface area contributed by atoms with E-state index in [9.17, 15) is 0 Å². The van der Waals surface area contributed by atoms with Crippen LogP contribution < -0.4 is 15.8 Å². The Balaban J connectivity index is 1.89. The highest BCUT2D eigenvalue weighted by Gasteiger charge is 2.24. The predicted octanol–water partition coefficient (Wildman–Crippen LogP) is 2.37. The Kier molecular flexibility index (Phi) is 2.79. The zero-order valence-electron chi connectivity index (χ0n) is 9.43. The Hall–Kier alpha value is -1.82. The normalized spacial score (nSPS) is 17.1. The van der Waals surface area contributed by atoms with E-state index in [1.165, 1.54) is 6.33 Å². The summed E-state index contributed by atoms with van der Waals surface area (Å²) in [4.78, 5) is 8.08. The number of rotatable bonds is 2. The van der Waals surface area contributed by atoms with Gasteiger partial charge < -0.3 is 15.8 Å². The van der Waals surface area contributed by atoms with Crippen molar-refractivity contribution in [3.05, 3.63) is 40.6 Å². The third kappa shape index (κ3) is 1.88. The zero-order valence-corrected chi connectivity index (χ0v) is 11.0. The molecular formula is C12H11BrN4O. The Morgan fingerprint density at radius 3 is 3.06 bits per heavy atom. The SMILES string of the molecule is Nc1ncnc(NC2COc3ccccc32)c1Br. The van der Waals surface area contributed by atoms with Crippen LogP contribution in [0.2, 0.25) is 0 Å². The van der Waals surface area contributed by atoms with Gasteiger partial charge in [-0.25, -0.2) is 9.97 Å². The molecule has 1 aromatic heterocycles. The number of nitrogen functional groups attached to an aromatic ring is 1. The molecule has 0 saturated carbocycles. The summed E-state index contributed by atoms with van der Waals surface area (Å²) in [5, 5.41) is 3.30. The number of ether oxygens (including phenoxy) is 1. The lowest BCUT2D eigenvalue weighted by Crippen LogP contribution is -2.14. The van der Waals surface area contributed by atoms with Crippen molar-refractivity contribution >= 4 is 27.6 Å². The smallest absolute Gasteiger partial charge is 0.146 e. The largest absolute Gasteiger partial charge is 0.491 e. The van der Waals surface area contributed by atoms with E-state index in [0.717, 1.165) is 11.3 Å². The predicted molar refractivity (Wildman–Crippen MR) is 72.4 cm³/mol. The van der Waals surface area contributed by atoms with E-state index in [-0.39, 0.29) is 6.04 Å². The van der Waals surface area contributed by atoms with E-state index in [4.69, 9.17) is 10.5 Å². The molecule has 1 atom stereocenters. The minimum atomic E-state index is 0.0757. The van der Waals surface area contributed by atoms with E-state index < -0.39 is 0 Å². The molecule has 2 heterocycles. The number of hydrogen-bond acceptors (Lipinski definition) is 5. The van der Waals surface area contributed by atoms with Crippen LogP contribution in [0.4, 0.5) is 11.6 Å². The van der Waals surface area contributed by atoms with Crippen molar-refractivity contribution in [3.8, 4) is 5.75 Å². The number of aromatic nitrogens is 2. The molecule has 0 aliphatic carbocycles. The monoisotopic (exact) mass is 306 g/mol. The second kappa shape index (κ2) is 4.45. The van der Waals surface area contributed by atoms with Crippen LogP contribution in [0.5, 0.6) is 5.75 Å². The van der Waals surface area contributed by atoms with Crippen LogP contribution in [-0.4, -0.2) is 16.6 Å². The van der Waals surface area contributed by atoms with Gasteiger partial charge in [-0.05, 0) is 22.0 Å². The summed E-state index contributed by atoms with van der Waals surface area (Å²) in [7, 11) is 0. The lowest BCUT2D eigenvalue weighted by Gasteiger charge is -2.13. The van der Waals surface area contributed by atoms with E-state index >= 15 is 0 Å². The van der Waals surface area contributed by atoms with Crippen molar-refractivity contribution in [1.29, 1.82) is 0 Å². The van der Waals surface area contributed by atoms with Crippen molar-refractivity contribution in [3.63, 3.8) is 0 Å². The average Bonchev–Trinajstić information content (AvgIpc) is 2.79. The first-order valence-electron chi connectivity index (χ1n) is 5.50. The maximum absolute atomic E-state index is 5.72. The van der Waals surface area contributed by atoms with Crippen LogP contribution in [-0.2, 0) is 0 Å². The molecule has 2 aromatic rings. The molecule has 3 N–H and O–H groups in total. The molecule has 1 aromatic carbocycles. The van der Waals surface area contributed by atoms with Crippen LogP contribution >= 0.6 is 15.9 Å². The lowest BCUT2D eigenvalue weighted by molar-refractivity contribution is 0.339. The van der Waals surface area contributed by atoms with Gasteiger partial charge in [-0.2, -0.15) is 0 Å². The maximum Gasteiger partial charge on any atom is 0.146 e. The first-order chi connectivity index (χ1) is 8.75. The summed E-state index contributed by atoms with van der Waals surface area (Å²) in [6.45, 7) is 0.579. The second-order valence-corrected chi connectivity index (χ2v) is 4.76. The molecule has 1 unspecified atom stereocenters. The Morgan fingerprint density at radius 1 is 1.33 bits per heavy atom. The molecule has 18 heavy (non-hydrogen) atoms. The summed E-state index contributed by atoms with van der Waals surface area (Å²) in [6.07, 6.45) is 1.43. The summed E-state index contributed by atoms with van der Waals surface area (Å²) in [5.74, 6) is 2.00. The number of fused-ring (bicyclic) bond motifs is 1.